The van der Waals surface area contributed by atoms with Crippen LogP contribution < -0.4 is 11.1 Å². The largest absolute Gasteiger partial charge is 0.468 e. The molecule has 0 radical (unpaired) electrons. The van der Waals surface area contributed by atoms with Crippen molar-refractivity contribution >= 4 is 0 Å². The molecule has 1 aromatic heterocycles. The minimum absolute atomic E-state index is 0.0360. The van der Waals surface area contributed by atoms with Crippen molar-refractivity contribution in [2.45, 2.75) is 44.9 Å². The lowest BCUT2D eigenvalue weighted by Gasteiger charge is -2.66. The molecule has 2 fully saturated rings. The maximum Gasteiger partial charge on any atom is 0.117 e. The predicted octanol–water partition coefficient (Wildman–Crippen LogP) is 1.90. The molecule has 19 heavy (non-hydrogen) atoms. The Hall–Kier alpha value is -0.840. The van der Waals surface area contributed by atoms with Gasteiger partial charge in [-0.2, -0.15) is 0 Å². The lowest BCUT2D eigenvalue weighted by molar-refractivity contribution is -0.225. The average molecular weight is 264 g/mol. The molecule has 4 nitrogen and oxygen atoms in total. The van der Waals surface area contributed by atoms with Crippen LogP contribution in [-0.4, -0.2) is 24.8 Å². The van der Waals surface area contributed by atoms with Crippen LogP contribution in [0.1, 0.15) is 32.4 Å². The van der Waals surface area contributed by atoms with E-state index in [1.807, 2.05) is 12.1 Å². The van der Waals surface area contributed by atoms with E-state index in [0.29, 0.717) is 12.0 Å². The van der Waals surface area contributed by atoms with Crippen molar-refractivity contribution in [2.75, 3.05) is 13.2 Å². The second-order valence-electron chi connectivity index (χ2n) is 6.49. The first kappa shape index (κ1) is 13.2. The molecule has 1 aliphatic carbocycles. The zero-order valence-electron chi connectivity index (χ0n) is 11.8. The highest BCUT2D eigenvalue weighted by Crippen LogP contribution is 2.56. The van der Waals surface area contributed by atoms with Crippen LogP contribution in [0.2, 0.25) is 0 Å². The fourth-order valence-corrected chi connectivity index (χ4v) is 3.83. The summed E-state index contributed by atoms with van der Waals surface area (Å²) in [6.45, 7) is 6.90. The van der Waals surface area contributed by atoms with Crippen molar-refractivity contribution in [1.29, 1.82) is 0 Å². The van der Waals surface area contributed by atoms with E-state index in [-0.39, 0.29) is 11.0 Å². The van der Waals surface area contributed by atoms with Gasteiger partial charge >= 0.3 is 0 Å². The van der Waals surface area contributed by atoms with E-state index in [0.717, 1.165) is 31.9 Å². The fourth-order valence-electron chi connectivity index (χ4n) is 3.83. The molecule has 1 aromatic rings. The molecule has 4 heteroatoms. The molecule has 3 atom stereocenters. The number of rotatable bonds is 4. The van der Waals surface area contributed by atoms with Gasteiger partial charge in [-0.1, -0.05) is 13.8 Å². The summed E-state index contributed by atoms with van der Waals surface area (Å²) in [7, 11) is 0. The first-order valence-corrected chi connectivity index (χ1v) is 7.19. The Bertz CT molecular complexity index is 429. The molecule has 0 amide bonds. The lowest BCUT2D eigenvalue weighted by Crippen LogP contribution is -2.80. The van der Waals surface area contributed by atoms with E-state index in [1.165, 1.54) is 6.42 Å². The van der Waals surface area contributed by atoms with Crippen molar-refractivity contribution in [3.05, 3.63) is 24.2 Å². The van der Waals surface area contributed by atoms with Gasteiger partial charge < -0.3 is 20.2 Å². The molecular weight excluding hydrogens is 240 g/mol. The molecule has 2 aliphatic rings. The molecule has 3 N–H and O–H groups in total. The summed E-state index contributed by atoms with van der Waals surface area (Å²) in [5.74, 6) is 1.44. The van der Waals surface area contributed by atoms with Crippen LogP contribution in [0, 0.1) is 11.3 Å². The van der Waals surface area contributed by atoms with Crippen LogP contribution in [0.25, 0.3) is 0 Å². The minimum atomic E-state index is -0.176. The van der Waals surface area contributed by atoms with Crippen molar-refractivity contribution < 1.29 is 9.15 Å². The second kappa shape index (κ2) is 4.62. The van der Waals surface area contributed by atoms with Gasteiger partial charge in [0.2, 0.25) is 0 Å². The molecular formula is C15H24N2O2. The molecule has 106 valence electrons. The summed E-state index contributed by atoms with van der Waals surface area (Å²) in [5.41, 5.74) is 6.56. The molecule has 0 bridgehead atoms. The van der Waals surface area contributed by atoms with Crippen LogP contribution in [0.3, 0.4) is 0 Å². The number of ether oxygens (including phenoxy) is 1. The van der Waals surface area contributed by atoms with Crippen molar-refractivity contribution in [3.8, 4) is 0 Å². The maximum absolute atomic E-state index is 6.70. The van der Waals surface area contributed by atoms with Gasteiger partial charge in [0.25, 0.3) is 0 Å². The Labute approximate surface area is 114 Å². The van der Waals surface area contributed by atoms with Gasteiger partial charge in [0.15, 0.2) is 0 Å². The Morgan fingerprint density at radius 2 is 2.32 bits per heavy atom. The smallest absolute Gasteiger partial charge is 0.117 e. The molecule has 0 aromatic carbocycles. The van der Waals surface area contributed by atoms with E-state index < -0.39 is 0 Å². The number of hydrogen-bond acceptors (Lipinski definition) is 4. The van der Waals surface area contributed by atoms with Crippen LogP contribution in [0.4, 0.5) is 0 Å². The zero-order valence-corrected chi connectivity index (χ0v) is 11.8. The third-order valence-corrected chi connectivity index (χ3v) is 5.19. The summed E-state index contributed by atoms with van der Waals surface area (Å²) in [5, 5.41) is 3.44. The summed E-state index contributed by atoms with van der Waals surface area (Å²) in [6, 6.07) is 3.89. The van der Waals surface area contributed by atoms with Crippen LogP contribution in [-0.2, 0) is 11.3 Å². The molecule has 1 saturated carbocycles. The second-order valence-corrected chi connectivity index (χ2v) is 6.49. The molecule has 1 aliphatic heterocycles. The zero-order chi connectivity index (χ0) is 13.5. The first-order chi connectivity index (χ1) is 9.06. The third kappa shape index (κ3) is 1.93. The van der Waals surface area contributed by atoms with Crippen molar-refractivity contribution in [1.82, 2.24) is 5.32 Å². The Balaban J connectivity index is 1.62. The van der Waals surface area contributed by atoms with Gasteiger partial charge in [-0.15, -0.1) is 0 Å². The number of hydrogen-bond donors (Lipinski definition) is 2. The minimum Gasteiger partial charge on any atom is -0.468 e. The first-order valence-electron chi connectivity index (χ1n) is 7.19. The number of furan rings is 1. The lowest BCUT2D eigenvalue weighted by atomic mass is 9.46. The number of nitrogens with one attached hydrogen (secondary N) is 1. The molecule has 3 unspecified atom stereocenters. The van der Waals surface area contributed by atoms with Gasteiger partial charge in [-0.05, 0) is 25.0 Å². The number of nitrogens with two attached hydrogens (primary N) is 1. The summed E-state index contributed by atoms with van der Waals surface area (Å²) >= 11 is 0. The standard InChI is InChI=1S/C15H24N2O2/c1-14(2)13-12(6-4-8-19-13)15(14,16)10-17-9-11-5-3-7-18-11/h3,5,7,12-13,17H,4,6,8-10,16H2,1-2H3. The van der Waals surface area contributed by atoms with E-state index in [2.05, 4.69) is 19.2 Å². The van der Waals surface area contributed by atoms with Gasteiger partial charge in [-0.3, -0.25) is 0 Å². The monoisotopic (exact) mass is 264 g/mol. The topological polar surface area (TPSA) is 60.4 Å². The Kier molecular flexibility index (Phi) is 3.20. The van der Waals surface area contributed by atoms with Gasteiger partial charge in [0.05, 0.1) is 18.9 Å². The van der Waals surface area contributed by atoms with E-state index >= 15 is 0 Å². The van der Waals surface area contributed by atoms with Crippen LogP contribution in [0.15, 0.2) is 22.8 Å². The highest BCUT2D eigenvalue weighted by atomic mass is 16.5. The molecule has 2 heterocycles. The van der Waals surface area contributed by atoms with Gasteiger partial charge in [-0.25, -0.2) is 0 Å². The van der Waals surface area contributed by atoms with E-state index in [9.17, 15) is 0 Å². The summed E-state index contributed by atoms with van der Waals surface area (Å²) in [4.78, 5) is 0. The molecule has 1 saturated heterocycles. The summed E-state index contributed by atoms with van der Waals surface area (Å²) in [6.07, 6.45) is 4.35. The Morgan fingerprint density at radius 1 is 1.47 bits per heavy atom. The van der Waals surface area contributed by atoms with E-state index in [1.54, 1.807) is 6.26 Å². The maximum atomic E-state index is 6.70. The van der Waals surface area contributed by atoms with E-state index in [4.69, 9.17) is 14.9 Å². The highest BCUT2D eigenvalue weighted by Gasteiger charge is 2.65. The van der Waals surface area contributed by atoms with Crippen molar-refractivity contribution in [2.24, 2.45) is 17.1 Å². The highest BCUT2D eigenvalue weighted by molar-refractivity contribution is 5.20. The predicted molar refractivity (Wildman–Crippen MR) is 73.6 cm³/mol. The molecule has 0 spiro atoms. The fraction of sp³-hybridized carbons (Fsp3) is 0.733. The third-order valence-electron chi connectivity index (χ3n) is 5.19. The molecule has 3 rings (SSSR count). The van der Waals surface area contributed by atoms with Crippen LogP contribution >= 0.6 is 0 Å². The van der Waals surface area contributed by atoms with Gasteiger partial charge in [0.1, 0.15) is 5.76 Å². The SMILES string of the molecule is CC1(C)C2OCCCC2C1(N)CNCc1ccco1. The van der Waals surface area contributed by atoms with Crippen molar-refractivity contribution in [3.63, 3.8) is 0 Å². The van der Waals surface area contributed by atoms with Crippen LogP contribution in [0.5, 0.6) is 0 Å². The number of fused-ring (bicyclic) bond motifs is 1. The average Bonchev–Trinajstić information content (AvgIpc) is 2.91. The van der Waals surface area contributed by atoms with Gasteiger partial charge in [0, 0.05) is 30.0 Å². The Morgan fingerprint density at radius 3 is 3.05 bits per heavy atom. The normalized spacial score (nSPS) is 36.6. The summed E-state index contributed by atoms with van der Waals surface area (Å²) < 4.78 is 11.2. The quantitative estimate of drug-likeness (QED) is 0.872.